The highest BCUT2D eigenvalue weighted by Crippen LogP contribution is 2.34. The molecule has 0 saturated carbocycles. The van der Waals surface area contributed by atoms with E-state index in [0.29, 0.717) is 16.8 Å². The Balaban J connectivity index is 1.60. The van der Waals surface area contributed by atoms with Crippen molar-refractivity contribution >= 4 is 23.2 Å². The van der Waals surface area contributed by atoms with E-state index in [1.165, 1.54) is 12.1 Å². The highest BCUT2D eigenvalue weighted by Gasteiger charge is 2.25. The number of ether oxygens (including phenoxy) is 1. The molecule has 2 heterocycles. The Kier molecular flexibility index (Phi) is 4.92. The van der Waals surface area contributed by atoms with Crippen LogP contribution >= 0.6 is 11.6 Å². The van der Waals surface area contributed by atoms with E-state index in [1.54, 1.807) is 19.2 Å². The van der Waals surface area contributed by atoms with E-state index in [2.05, 4.69) is 11.4 Å². The van der Waals surface area contributed by atoms with Crippen LogP contribution in [0.25, 0.3) is 17.1 Å². The van der Waals surface area contributed by atoms with Gasteiger partial charge in [0.05, 0.1) is 7.11 Å². The van der Waals surface area contributed by atoms with Gasteiger partial charge in [0, 0.05) is 16.3 Å². The maximum absolute atomic E-state index is 13.4. The van der Waals surface area contributed by atoms with Crippen LogP contribution in [0.5, 0.6) is 5.75 Å². The number of aromatic nitrogens is 3. The minimum Gasteiger partial charge on any atom is -0.497 e. The van der Waals surface area contributed by atoms with Crippen molar-refractivity contribution in [3.63, 3.8) is 0 Å². The van der Waals surface area contributed by atoms with Gasteiger partial charge in [-0.05, 0) is 77.9 Å². The zero-order valence-corrected chi connectivity index (χ0v) is 17.3. The van der Waals surface area contributed by atoms with Gasteiger partial charge in [-0.2, -0.15) is 4.98 Å². The molecule has 0 radical (unpaired) electrons. The summed E-state index contributed by atoms with van der Waals surface area (Å²) >= 11 is 6.02. The predicted molar refractivity (Wildman–Crippen MR) is 120 cm³/mol. The molecule has 0 spiro atoms. The highest BCUT2D eigenvalue weighted by atomic mass is 35.5. The number of benzene rings is 3. The molecule has 0 bridgehead atoms. The Labute approximate surface area is 183 Å². The van der Waals surface area contributed by atoms with Gasteiger partial charge >= 0.3 is 0 Å². The molecule has 1 aliphatic heterocycles. The average Bonchev–Trinajstić information content (AvgIpc) is 3.24. The molecule has 7 heteroatoms. The van der Waals surface area contributed by atoms with Crippen LogP contribution in [0.4, 0.5) is 10.3 Å². The lowest BCUT2D eigenvalue weighted by atomic mass is 10.0. The monoisotopic (exact) mass is 432 g/mol. The third-order valence-electron chi connectivity index (χ3n) is 5.18. The van der Waals surface area contributed by atoms with Gasteiger partial charge in [0.2, 0.25) is 5.95 Å². The molecule has 1 atom stereocenters. The van der Waals surface area contributed by atoms with Crippen LogP contribution < -0.4 is 10.1 Å². The number of nitrogens with zero attached hydrogens (tertiary/aromatic N) is 3. The maximum atomic E-state index is 13.4. The average molecular weight is 433 g/mol. The number of fused-ring (bicyclic) bond motifs is 1. The Morgan fingerprint density at radius 3 is 2.29 bits per heavy atom. The van der Waals surface area contributed by atoms with Gasteiger partial charge in [0.15, 0.2) is 5.82 Å². The van der Waals surface area contributed by atoms with E-state index in [0.717, 1.165) is 28.1 Å². The number of anilines is 1. The molecule has 5 rings (SSSR count). The quantitative estimate of drug-likeness (QED) is 0.442. The zero-order valence-electron chi connectivity index (χ0n) is 16.6. The van der Waals surface area contributed by atoms with Gasteiger partial charge in [0.1, 0.15) is 17.6 Å². The maximum Gasteiger partial charge on any atom is 0.227 e. The normalized spacial score (nSPS) is 15.1. The molecule has 0 amide bonds. The van der Waals surface area contributed by atoms with Crippen molar-refractivity contribution in [3.8, 4) is 17.1 Å². The van der Waals surface area contributed by atoms with Crippen molar-refractivity contribution in [1.82, 2.24) is 14.8 Å². The second-order valence-corrected chi connectivity index (χ2v) is 7.58. The largest absolute Gasteiger partial charge is 0.497 e. The second kappa shape index (κ2) is 7.89. The lowest BCUT2D eigenvalue weighted by Gasteiger charge is -2.24. The minimum atomic E-state index is -0.278. The van der Waals surface area contributed by atoms with Crippen molar-refractivity contribution in [2.75, 3.05) is 12.4 Å². The molecule has 1 aliphatic rings. The Bertz CT molecular complexity index is 1250. The molecule has 0 saturated heterocycles. The molecule has 154 valence electrons. The van der Waals surface area contributed by atoms with Crippen LogP contribution in [0, 0.1) is 5.82 Å². The number of hydrogen-bond donors (Lipinski definition) is 1. The first-order chi connectivity index (χ1) is 15.1. The van der Waals surface area contributed by atoms with Gasteiger partial charge in [-0.1, -0.05) is 23.7 Å². The molecule has 5 nitrogen and oxygen atoms in total. The van der Waals surface area contributed by atoms with Crippen LogP contribution in [0.3, 0.4) is 0 Å². The highest BCUT2D eigenvalue weighted by molar-refractivity contribution is 6.30. The van der Waals surface area contributed by atoms with Gasteiger partial charge in [0.25, 0.3) is 0 Å². The van der Waals surface area contributed by atoms with Crippen LogP contribution in [-0.4, -0.2) is 21.9 Å². The summed E-state index contributed by atoms with van der Waals surface area (Å²) in [7, 11) is 1.64. The summed E-state index contributed by atoms with van der Waals surface area (Å²) < 4.78 is 20.6. The number of allylic oxidation sites excluding steroid dienone is 1. The molecule has 3 aromatic carbocycles. The van der Waals surface area contributed by atoms with Crippen molar-refractivity contribution < 1.29 is 9.13 Å². The van der Waals surface area contributed by atoms with E-state index < -0.39 is 0 Å². The first-order valence-corrected chi connectivity index (χ1v) is 10.1. The Morgan fingerprint density at radius 2 is 1.61 bits per heavy atom. The molecule has 31 heavy (non-hydrogen) atoms. The van der Waals surface area contributed by atoms with E-state index in [4.69, 9.17) is 26.4 Å². The summed E-state index contributed by atoms with van der Waals surface area (Å²) in [4.78, 5) is 4.71. The van der Waals surface area contributed by atoms with E-state index >= 15 is 0 Å². The fourth-order valence-corrected chi connectivity index (χ4v) is 3.68. The summed E-state index contributed by atoms with van der Waals surface area (Å²) in [5, 5.41) is 8.75. The fraction of sp³-hybridized carbons (Fsp3) is 0.0833. The second-order valence-electron chi connectivity index (χ2n) is 7.14. The number of rotatable bonds is 4. The van der Waals surface area contributed by atoms with E-state index in [9.17, 15) is 4.39 Å². The Hall–Kier alpha value is -3.64. The number of methoxy groups -OCH3 is 1. The molecule has 0 aliphatic carbocycles. The van der Waals surface area contributed by atoms with E-state index in [-0.39, 0.29) is 11.9 Å². The van der Waals surface area contributed by atoms with Gasteiger partial charge in [-0.25, -0.2) is 9.07 Å². The first kappa shape index (κ1) is 19.3. The third kappa shape index (κ3) is 3.78. The molecule has 1 unspecified atom stereocenters. The molecular weight excluding hydrogens is 415 g/mol. The number of hydrogen-bond acceptors (Lipinski definition) is 4. The third-order valence-corrected chi connectivity index (χ3v) is 5.43. The molecule has 0 fully saturated rings. The SMILES string of the molecule is COc1ccc(C2C=C(c3ccc(F)cc3)Nc3nc(-c4ccc(Cl)cc4)nn32)cc1. The van der Waals surface area contributed by atoms with Crippen LogP contribution in [0.1, 0.15) is 17.2 Å². The summed E-state index contributed by atoms with van der Waals surface area (Å²) in [6.07, 6.45) is 2.06. The summed E-state index contributed by atoms with van der Waals surface area (Å²) in [5.41, 5.74) is 3.59. The lowest BCUT2D eigenvalue weighted by molar-refractivity contribution is 0.414. The number of nitrogens with one attached hydrogen (secondary N) is 1. The van der Waals surface area contributed by atoms with Crippen LogP contribution in [0.2, 0.25) is 5.02 Å². The standard InChI is InChI=1S/C24H18ClFN4O/c1-31-20-12-6-16(7-13-20)22-14-21(15-4-10-19(26)11-5-15)27-24-28-23(29-30(22)24)17-2-8-18(25)9-3-17/h2-14,22H,1H3,(H,27,28,29). The summed E-state index contributed by atoms with van der Waals surface area (Å²) in [5.74, 6) is 1.69. The first-order valence-electron chi connectivity index (χ1n) is 9.72. The fourth-order valence-electron chi connectivity index (χ4n) is 3.55. The predicted octanol–water partition coefficient (Wildman–Crippen LogP) is 5.80. The molecular formula is C24H18ClFN4O. The smallest absolute Gasteiger partial charge is 0.227 e. The van der Waals surface area contributed by atoms with Gasteiger partial charge in [-0.3, -0.25) is 0 Å². The van der Waals surface area contributed by atoms with Crippen molar-refractivity contribution in [1.29, 1.82) is 0 Å². The zero-order chi connectivity index (χ0) is 21.4. The topological polar surface area (TPSA) is 52.0 Å². The van der Waals surface area contributed by atoms with Gasteiger partial charge < -0.3 is 10.1 Å². The number of halogens is 2. The van der Waals surface area contributed by atoms with Crippen LogP contribution in [0.15, 0.2) is 78.9 Å². The van der Waals surface area contributed by atoms with Crippen molar-refractivity contribution in [2.45, 2.75) is 6.04 Å². The van der Waals surface area contributed by atoms with Crippen LogP contribution in [-0.2, 0) is 0 Å². The van der Waals surface area contributed by atoms with Crippen molar-refractivity contribution in [2.24, 2.45) is 0 Å². The van der Waals surface area contributed by atoms with Gasteiger partial charge in [-0.15, -0.1) is 5.10 Å². The lowest BCUT2D eigenvalue weighted by Crippen LogP contribution is -2.20. The molecule has 1 aromatic heterocycles. The Morgan fingerprint density at radius 1 is 0.935 bits per heavy atom. The minimum absolute atomic E-state index is 0.198. The van der Waals surface area contributed by atoms with E-state index in [1.807, 2.05) is 53.2 Å². The summed E-state index contributed by atoms with van der Waals surface area (Å²) in [6.45, 7) is 0. The summed E-state index contributed by atoms with van der Waals surface area (Å²) in [6, 6.07) is 21.4. The van der Waals surface area contributed by atoms with Crippen molar-refractivity contribution in [3.05, 3.63) is 101 Å². The molecule has 4 aromatic rings. The molecule has 1 N–H and O–H groups in total.